The molecule has 0 spiro atoms. The molecule has 0 aromatic heterocycles. The zero-order valence-corrected chi connectivity index (χ0v) is 12.6. The highest BCUT2D eigenvalue weighted by Gasteiger charge is 2.03. The van der Waals surface area contributed by atoms with E-state index in [2.05, 4.69) is 19.2 Å². The van der Waals surface area contributed by atoms with Crippen molar-refractivity contribution in [1.82, 2.24) is 5.32 Å². The fourth-order valence-corrected chi connectivity index (χ4v) is 2.89. The Morgan fingerprint density at radius 3 is 2.47 bits per heavy atom. The van der Waals surface area contributed by atoms with Crippen molar-refractivity contribution in [1.29, 1.82) is 0 Å². The molecule has 1 aromatic rings. The molecule has 96 valence electrons. The minimum atomic E-state index is 0.520. The summed E-state index contributed by atoms with van der Waals surface area (Å²) in [5, 5.41) is 4.88. The maximum atomic E-state index is 5.95. The van der Waals surface area contributed by atoms with Crippen LogP contribution in [0.3, 0.4) is 0 Å². The third-order valence-electron chi connectivity index (χ3n) is 2.48. The van der Waals surface area contributed by atoms with Gasteiger partial charge in [0.05, 0.1) is 0 Å². The highest BCUT2D eigenvalue weighted by atomic mass is 35.5. The summed E-state index contributed by atoms with van der Waals surface area (Å²) < 4.78 is 0. The summed E-state index contributed by atoms with van der Waals surface area (Å²) in [6.45, 7) is 5.22. The minimum absolute atomic E-state index is 0.520. The van der Waals surface area contributed by atoms with Gasteiger partial charge in [-0.2, -0.15) is 11.8 Å². The van der Waals surface area contributed by atoms with E-state index in [0.29, 0.717) is 16.1 Å². The highest BCUT2D eigenvalue weighted by Crippen LogP contribution is 2.19. The molecule has 0 bridgehead atoms. The van der Waals surface area contributed by atoms with Crippen LogP contribution in [0.25, 0.3) is 0 Å². The first-order valence-corrected chi connectivity index (χ1v) is 7.79. The van der Waals surface area contributed by atoms with Gasteiger partial charge >= 0.3 is 0 Å². The van der Waals surface area contributed by atoms with Crippen molar-refractivity contribution in [2.75, 3.05) is 11.5 Å². The number of thioether (sulfide) groups is 1. The molecule has 0 saturated heterocycles. The molecule has 1 aromatic carbocycles. The van der Waals surface area contributed by atoms with Crippen LogP contribution >= 0.6 is 35.0 Å². The normalized spacial score (nSPS) is 12.7. The Labute approximate surface area is 118 Å². The lowest BCUT2D eigenvalue weighted by Crippen LogP contribution is -2.26. The molecule has 1 unspecified atom stereocenters. The van der Waals surface area contributed by atoms with E-state index in [-0.39, 0.29) is 0 Å². The quantitative estimate of drug-likeness (QED) is 0.736. The summed E-state index contributed by atoms with van der Waals surface area (Å²) in [7, 11) is 0. The van der Waals surface area contributed by atoms with Crippen LogP contribution in [0.2, 0.25) is 10.0 Å². The number of hydrogen-bond acceptors (Lipinski definition) is 2. The predicted octanol–water partition coefficient (Wildman–Crippen LogP) is 4.61. The van der Waals surface area contributed by atoms with Gasteiger partial charge in [-0.3, -0.25) is 0 Å². The summed E-state index contributed by atoms with van der Waals surface area (Å²) >= 11 is 13.9. The van der Waals surface area contributed by atoms with Crippen molar-refractivity contribution in [3.05, 3.63) is 33.8 Å². The van der Waals surface area contributed by atoms with Crippen LogP contribution in [0.1, 0.15) is 25.8 Å². The van der Waals surface area contributed by atoms with Crippen LogP contribution in [0.4, 0.5) is 0 Å². The Bertz CT molecular complexity index is 324. The summed E-state index contributed by atoms with van der Waals surface area (Å²) in [6, 6.07) is 6.18. The second-order valence-corrected chi connectivity index (χ2v) is 6.31. The van der Waals surface area contributed by atoms with Crippen LogP contribution in [0.5, 0.6) is 0 Å². The Kier molecular flexibility index (Phi) is 7.36. The van der Waals surface area contributed by atoms with E-state index in [1.165, 1.54) is 17.9 Å². The molecular weight excluding hydrogens is 273 g/mol. The Morgan fingerprint density at radius 1 is 1.24 bits per heavy atom. The second-order valence-electron chi connectivity index (χ2n) is 4.05. The van der Waals surface area contributed by atoms with Gasteiger partial charge in [-0.25, -0.2) is 0 Å². The number of benzene rings is 1. The number of nitrogens with one attached hydrogen (secondary N) is 1. The highest BCUT2D eigenvalue weighted by molar-refractivity contribution is 7.99. The van der Waals surface area contributed by atoms with Crippen molar-refractivity contribution in [2.24, 2.45) is 0 Å². The largest absolute Gasteiger partial charge is 0.310 e. The van der Waals surface area contributed by atoms with Gasteiger partial charge in [0.25, 0.3) is 0 Å². The van der Waals surface area contributed by atoms with E-state index < -0.39 is 0 Å². The lowest BCUT2D eigenvalue weighted by molar-refractivity contribution is 0.537. The minimum Gasteiger partial charge on any atom is -0.310 e. The maximum absolute atomic E-state index is 5.95. The molecule has 17 heavy (non-hydrogen) atoms. The molecule has 1 N–H and O–H groups in total. The molecule has 0 aliphatic carbocycles. The molecular formula is C13H19Cl2NS. The SMILES string of the molecule is CCSCCC(C)NCc1cc(Cl)cc(Cl)c1. The van der Waals surface area contributed by atoms with Crippen molar-refractivity contribution < 1.29 is 0 Å². The second kappa shape index (κ2) is 8.25. The first-order valence-electron chi connectivity index (χ1n) is 5.88. The first kappa shape index (κ1) is 15.2. The van der Waals surface area contributed by atoms with Crippen molar-refractivity contribution in [2.45, 2.75) is 32.9 Å². The van der Waals surface area contributed by atoms with Crippen LogP contribution in [-0.4, -0.2) is 17.5 Å². The maximum Gasteiger partial charge on any atom is 0.0424 e. The third kappa shape index (κ3) is 6.56. The Balaban J connectivity index is 2.34. The van der Waals surface area contributed by atoms with Crippen molar-refractivity contribution in [3.63, 3.8) is 0 Å². The van der Waals surface area contributed by atoms with Gasteiger partial charge in [0.2, 0.25) is 0 Å². The molecule has 4 heteroatoms. The standard InChI is InChI=1S/C13H19Cl2NS/c1-3-17-5-4-10(2)16-9-11-6-12(14)8-13(15)7-11/h6-8,10,16H,3-5,9H2,1-2H3. The molecule has 0 amide bonds. The van der Waals surface area contributed by atoms with Crippen LogP contribution in [0, 0.1) is 0 Å². The molecule has 1 atom stereocenters. The third-order valence-corrected chi connectivity index (χ3v) is 3.85. The summed E-state index contributed by atoms with van der Waals surface area (Å²) in [5.41, 5.74) is 1.14. The summed E-state index contributed by atoms with van der Waals surface area (Å²) in [4.78, 5) is 0. The van der Waals surface area contributed by atoms with Gasteiger partial charge in [-0.1, -0.05) is 30.1 Å². The monoisotopic (exact) mass is 291 g/mol. The zero-order valence-electron chi connectivity index (χ0n) is 10.3. The fraction of sp³-hybridized carbons (Fsp3) is 0.538. The predicted molar refractivity (Wildman–Crippen MR) is 80.4 cm³/mol. The van der Waals surface area contributed by atoms with E-state index in [1.54, 1.807) is 6.07 Å². The number of halogens is 2. The number of rotatable bonds is 7. The summed E-state index contributed by atoms with van der Waals surface area (Å²) in [6.07, 6.45) is 1.19. The van der Waals surface area contributed by atoms with E-state index >= 15 is 0 Å². The van der Waals surface area contributed by atoms with Gasteiger partial charge in [0, 0.05) is 22.6 Å². The van der Waals surface area contributed by atoms with Crippen molar-refractivity contribution in [3.8, 4) is 0 Å². The van der Waals surface area contributed by atoms with Gasteiger partial charge in [0.15, 0.2) is 0 Å². The van der Waals surface area contributed by atoms with Crippen molar-refractivity contribution >= 4 is 35.0 Å². The van der Waals surface area contributed by atoms with Crippen LogP contribution < -0.4 is 5.32 Å². The Morgan fingerprint density at radius 2 is 1.88 bits per heavy atom. The van der Waals surface area contributed by atoms with Gasteiger partial charge in [-0.05, 0) is 48.6 Å². The topological polar surface area (TPSA) is 12.0 Å². The summed E-state index contributed by atoms with van der Waals surface area (Å²) in [5.74, 6) is 2.40. The molecule has 0 heterocycles. The average Bonchev–Trinajstić information content (AvgIpc) is 2.25. The Hall–Kier alpha value is 0.110. The van der Waals surface area contributed by atoms with E-state index in [1.807, 2.05) is 23.9 Å². The molecule has 1 nitrogen and oxygen atoms in total. The van der Waals surface area contributed by atoms with Crippen LogP contribution in [-0.2, 0) is 6.54 Å². The van der Waals surface area contributed by atoms with E-state index in [4.69, 9.17) is 23.2 Å². The zero-order chi connectivity index (χ0) is 12.7. The first-order chi connectivity index (χ1) is 8.11. The molecule has 0 aliphatic rings. The lowest BCUT2D eigenvalue weighted by Gasteiger charge is -2.13. The van der Waals surface area contributed by atoms with Gasteiger partial charge in [0.1, 0.15) is 0 Å². The fourth-order valence-electron chi connectivity index (χ4n) is 1.51. The lowest BCUT2D eigenvalue weighted by atomic mass is 10.2. The molecule has 1 rings (SSSR count). The van der Waals surface area contributed by atoms with E-state index in [0.717, 1.165) is 12.1 Å². The van der Waals surface area contributed by atoms with Gasteiger partial charge in [-0.15, -0.1) is 0 Å². The number of hydrogen-bond donors (Lipinski definition) is 1. The average molecular weight is 292 g/mol. The molecule has 0 radical (unpaired) electrons. The van der Waals surface area contributed by atoms with Crippen LogP contribution in [0.15, 0.2) is 18.2 Å². The van der Waals surface area contributed by atoms with Gasteiger partial charge < -0.3 is 5.32 Å². The molecule has 0 saturated carbocycles. The molecule has 0 fully saturated rings. The smallest absolute Gasteiger partial charge is 0.0424 e. The van der Waals surface area contributed by atoms with E-state index in [9.17, 15) is 0 Å². The molecule has 0 aliphatic heterocycles.